The van der Waals surface area contributed by atoms with E-state index >= 15 is 0 Å². The van der Waals surface area contributed by atoms with Crippen molar-refractivity contribution in [3.8, 4) is 0 Å². The molecule has 0 aromatic heterocycles. The van der Waals surface area contributed by atoms with Crippen molar-refractivity contribution in [3.05, 3.63) is 0 Å². The molecule has 0 aliphatic carbocycles. The third kappa shape index (κ3) is 17.3. The second-order valence-electron chi connectivity index (χ2n) is 8.10. The summed E-state index contributed by atoms with van der Waals surface area (Å²) >= 11 is 0. The van der Waals surface area contributed by atoms with Crippen molar-refractivity contribution in [1.29, 1.82) is 0 Å². The van der Waals surface area contributed by atoms with E-state index in [0.29, 0.717) is 12.8 Å². The van der Waals surface area contributed by atoms with Crippen LogP contribution in [0.2, 0.25) is 0 Å². The lowest BCUT2D eigenvalue weighted by atomic mass is 9.90. The summed E-state index contributed by atoms with van der Waals surface area (Å²) in [6, 6.07) is 0. The van der Waals surface area contributed by atoms with Crippen LogP contribution in [0.5, 0.6) is 0 Å². The molecule has 0 fully saturated rings. The molecule has 0 saturated heterocycles. The average molecular weight is 375 g/mol. The maximum absolute atomic E-state index is 10.5. The molecule has 0 bridgehead atoms. The van der Waals surface area contributed by atoms with Crippen molar-refractivity contribution in [2.75, 3.05) is 6.61 Å². The summed E-state index contributed by atoms with van der Waals surface area (Å²) in [5.74, 6) is 0. The molecule has 0 aliphatic rings. The van der Waals surface area contributed by atoms with Gasteiger partial charge in [-0.25, -0.2) is 0 Å². The van der Waals surface area contributed by atoms with Gasteiger partial charge in [0.1, 0.15) is 0 Å². The van der Waals surface area contributed by atoms with Gasteiger partial charge in [0, 0.05) is 0 Å². The molecule has 1 atom stereocenters. The van der Waals surface area contributed by atoms with E-state index in [9.17, 15) is 10.2 Å². The molecule has 0 aliphatic heterocycles. The van der Waals surface area contributed by atoms with E-state index < -0.39 is 11.9 Å². The van der Waals surface area contributed by atoms with E-state index in [2.05, 4.69) is 6.92 Å². The summed E-state index contributed by atoms with van der Waals surface area (Å²) < 4.78 is 0. The maximum atomic E-state index is 10.5. The molecule has 4 N–H and O–H groups in total. The highest BCUT2D eigenvalue weighted by molar-refractivity contribution is 4.77. The lowest BCUT2D eigenvalue weighted by Crippen LogP contribution is -2.33. The van der Waals surface area contributed by atoms with Crippen molar-refractivity contribution in [1.82, 2.24) is 0 Å². The standard InChI is InChI=1S/C22H46O4/c1-2-3-4-5-6-9-12-15-18-22(26,20-23)19-16-13-10-7-8-11-14-17-21(24)25/h21,23-26H,2-20H2,1H3. The van der Waals surface area contributed by atoms with Crippen LogP contribution in [-0.2, 0) is 0 Å². The average Bonchev–Trinajstić information content (AvgIpc) is 2.62. The van der Waals surface area contributed by atoms with Crippen LogP contribution in [0, 0.1) is 0 Å². The predicted octanol–water partition coefficient (Wildman–Crippen LogP) is 5.06. The molecule has 0 rings (SSSR count). The van der Waals surface area contributed by atoms with Crippen molar-refractivity contribution in [3.63, 3.8) is 0 Å². The minimum Gasteiger partial charge on any atom is -0.393 e. The number of aliphatic hydroxyl groups excluding tert-OH is 2. The van der Waals surface area contributed by atoms with Crippen LogP contribution in [-0.4, -0.2) is 38.9 Å². The SMILES string of the molecule is CCCCCCCCCCC(O)(CO)CCCCCCCCCC(O)O. The van der Waals surface area contributed by atoms with Gasteiger partial charge in [-0.2, -0.15) is 0 Å². The van der Waals surface area contributed by atoms with Gasteiger partial charge in [0.15, 0.2) is 6.29 Å². The highest BCUT2D eigenvalue weighted by Crippen LogP contribution is 2.23. The van der Waals surface area contributed by atoms with Gasteiger partial charge in [0.25, 0.3) is 0 Å². The van der Waals surface area contributed by atoms with E-state index in [1.165, 1.54) is 38.5 Å². The van der Waals surface area contributed by atoms with Gasteiger partial charge >= 0.3 is 0 Å². The Kier molecular flexibility index (Phi) is 18.1. The highest BCUT2D eigenvalue weighted by atomic mass is 16.5. The molecule has 0 radical (unpaired) electrons. The molecule has 0 spiro atoms. The fraction of sp³-hybridized carbons (Fsp3) is 1.00. The molecule has 0 heterocycles. The number of rotatable bonds is 20. The summed E-state index contributed by atoms with van der Waals surface area (Å²) in [6.07, 6.45) is 18.2. The van der Waals surface area contributed by atoms with Gasteiger partial charge in [-0.3, -0.25) is 0 Å². The Bertz CT molecular complexity index is 283. The maximum Gasteiger partial charge on any atom is 0.151 e. The first-order valence-electron chi connectivity index (χ1n) is 11.2. The first-order valence-corrected chi connectivity index (χ1v) is 11.2. The van der Waals surface area contributed by atoms with Crippen LogP contribution in [0.3, 0.4) is 0 Å². The lowest BCUT2D eigenvalue weighted by Gasteiger charge is -2.26. The fourth-order valence-corrected chi connectivity index (χ4v) is 3.54. The summed E-state index contributed by atoms with van der Waals surface area (Å²) in [5.41, 5.74) is -0.876. The van der Waals surface area contributed by atoms with Crippen LogP contribution in [0.25, 0.3) is 0 Å². The highest BCUT2D eigenvalue weighted by Gasteiger charge is 2.24. The van der Waals surface area contributed by atoms with E-state index in [0.717, 1.165) is 64.2 Å². The fourth-order valence-electron chi connectivity index (χ4n) is 3.54. The van der Waals surface area contributed by atoms with E-state index in [1.807, 2.05) is 0 Å². The zero-order valence-electron chi connectivity index (χ0n) is 17.3. The van der Waals surface area contributed by atoms with Crippen LogP contribution in [0.1, 0.15) is 122 Å². The van der Waals surface area contributed by atoms with Gasteiger partial charge < -0.3 is 20.4 Å². The summed E-state index contributed by atoms with van der Waals surface area (Å²) in [7, 11) is 0. The minimum atomic E-state index is -1.16. The predicted molar refractivity (Wildman–Crippen MR) is 109 cm³/mol. The number of hydrogen-bond donors (Lipinski definition) is 4. The van der Waals surface area contributed by atoms with E-state index in [-0.39, 0.29) is 6.61 Å². The van der Waals surface area contributed by atoms with Crippen LogP contribution >= 0.6 is 0 Å². The second-order valence-corrected chi connectivity index (χ2v) is 8.10. The molecular formula is C22H46O4. The third-order valence-electron chi connectivity index (χ3n) is 5.39. The molecule has 0 saturated carbocycles. The largest absolute Gasteiger partial charge is 0.393 e. The number of aliphatic hydroxyl groups is 4. The van der Waals surface area contributed by atoms with E-state index in [4.69, 9.17) is 10.2 Å². The van der Waals surface area contributed by atoms with Crippen LogP contribution in [0.4, 0.5) is 0 Å². The molecule has 0 amide bonds. The zero-order chi connectivity index (χ0) is 19.5. The Morgan fingerprint density at radius 1 is 0.615 bits per heavy atom. The minimum absolute atomic E-state index is 0.118. The van der Waals surface area contributed by atoms with E-state index in [1.54, 1.807) is 0 Å². The molecule has 4 heteroatoms. The van der Waals surface area contributed by atoms with Gasteiger partial charge in [-0.15, -0.1) is 0 Å². The Morgan fingerprint density at radius 3 is 1.38 bits per heavy atom. The molecule has 26 heavy (non-hydrogen) atoms. The molecule has 0 aromatic carbocycles. The Hall–Kier alpha value is -0.160. The van der Waals surface area contributed by atoms with Crippen LogP contribution in [0.15, 0.2) is 0 Å². The van der Waals surface area contributed by atoms with Crippen molar-refractivity contribution in [2.45, 2.75) is 134 Å². The van der Waals surface area contributed by atoms with Crippen LogP contribution < -0.4 is 0 Å². The van der Waals surface area contributed by atoms with Crippen molar-refractivity contribution < 1.29 is 20.4 Å². The Labute approximate surface area is 162 Å². The summed E-state index contributed by atoms with van der Waals surface area (Å²) in [5, 5.41) is 37.6. The number of hydrogen-bond acceptors (Lipinski definition) is 4. The molecule has 4 nitrogen and oxygen atoms in total. The normalized spacial score (nSPS) is 14.1. The molecule has 0 aromatic rings. The second kappa shape index (κ2) is 18.2. The summed E-state index contributed by atoms with van der Waals surface area (Å²) in [6.45, 7) is 2.12. The first kappa shape index (κ1) is 25.8. The van der Waals surface area contributed by atoms with Crippen molar-refractivity contribution in [2.24, 2.45) is 0 Å². The van der Waals surface area contributed by atoms with Gasteiger partial charge in [-0.1, -0.05) is 96.8 Å². The molecule has 1 unspecified atom stereocenters. The molecule has 158 valence electrons. The van der Waals surface area contributed by atoms with Gasteiger partial charge in [0.05, 0.1) is 12.2 Å². The van der Waals surface area contributed by atoms with Crippen molar-refractivity contribution >= 4 is 0 Å². The Morgan fingerprint density at radius 2 is 1.00 bits per heavy atom. The smallest absolute Gasteiger partial charge is 0.151 e. The quantitative estimate of drug-likeness (QED) is 0.177. The van der Waals surface area contributed by atoms with Gasteiger partial charge in [-0.05, 0) is 25.7 Å². The van der Waals surface area contributed by atoms with Gasteiger partial charge in [0.2, 0.25) is 0 Å². The zero-order valence-corrected chi connectivity index (χ0v) is 17.3. The Balaban J connectivity index is 3.51. The number of unbranched alkanes of at least 4 members (excludes halogenated alkanes) is 13. The topological polar surface area (TPSA) is 80.9 Å². The summed E-state index contributed by atoms with van der Waals surface area (Å²) in [4.78, 5) is 0. The third-order valence-corrected chi connectivity index (χ3v) is 5.39. The molecular weight excluding hydrogens is 328 g/mol. The monoisotopic (exact) mass is 374 g/mol. The first-order chi connectivity index (χ1) is 12.5. The lowest BCUT2D eigenvalue weighted by molar-refractivity contribution is -0.0466.